The van der Waals surface area contributed by atoms with Crippen LogP contribution in [-0.2, 0) is 11.2 Å². The highest BCUT2D eigenvalue weighted by atomic mass is 16.3. The number of phenolic OH excluding ortho intramolecular Hbond substituents is 1. The van der Waals surface area contributed by atoms with E-state index in [0.29, 0.717) is 18.0 Å². The SMILES string of the molecule is C/C(=N\NC(=O)CCc1nn[nH]n1)c1ccc(O)cc1. The summed E-state index contributed by atoms with van der Waals surface area (Å²) in [5, 5.41) is 26.4. The van der Waals surface area contributed by atoms with Crippen LogP contribution >= 0.6 is 0 Å². The van der Waals surface area contributed by atoms with Gasteiger partial charge < -0.3 is 5.11 Å². The molecule has 0 saturated heterocycles. The van der Waals surface area contributed by atoms with Gasteiger partial charge in [-0.2, -0.15) is 10.3 Å². The first-order chi connectivity index (χ1) is 9.65. The zero-order valence-electron chi connectivity index (χ0n) is 10.9. The third kappa shape index (κ3) is 3.87. The van der Waals surface area contributed by atoms with E-state index in [1.54, 1.807) is 31.2 Å². The van der Waals surface area contributed by atoms with Gasteiger partial charge in [-0.1, -0.05) is 5.21 Å². The van der Waals surface area contributed by atoms with Crippen LogP contribution in [0.4, 0.5) is 0 Å². The lowest BCUT2D eigenvalue weighted by Crippen LogP contribution is -2.19. The second kappa shape index (κ2) is 6.41. The van der Waals surface area contributed by atoms with Gasteiger partial charge in [-0.05, 0) is 36.8 Å². The molecule has 0 unspecified atom stereocenters. The molecule has 1 aromatic carbocycles. The molecule has 1 aromatic heterocycles. The summed E-state index contributed by atoms with van der Waals surface area (Å²) in [6.45, 7) is 1.77. The lowest BCUT2D eigenvalue weighted by Gasteiger charge is -2.02. The van der Waals surface area contributed by atoms with Crippen molar-refractivity contribution in [3.63, 3.8) is 0 Å². The Morgan fingerprint density at radius 1 is 1.40 bits per heavy atom. The van der Waals surface area contributed by atoms with Gasteiger partial charge in [0.2, 0.25) is 5.91 Å². The predicted molar refractivity (Wildman–Crippen MR) is 71.0 cm³/mol. The fraction of sp³-hybridized carbons (Fsp3) is 0.250. The molecule has 20 heavy (non-hydrogen) atoms. The number of hydrogen-bond donors (Lipinski definition) is 3. The van der Waals surface area contributed by atoms with Crippen LogP contribution < -0.4 is 5.43 Å². The summed E-state index contributed by atoms with van der Waals surface area (Å²) in [6.07, 6.45) is 0.627. The first-order valence-corrected chi connectivity index (χ1v) is 6.00. The molecule has 104 valence electrons. The van der Waals surface area contributed by atoms with Crippen molar-refractivity contribution in [3.05, 3.63) is 35.7 Å². The van der Waals surface area contributed by atoms with E-state index in [0.717, 1.165) is 5.56 Å². The van der Waals surface area contributed by atoms with E-state index >= 15 is 0 Å². The molecule has 1 heterocycles. The van der Waals surface area contributed by atoms with Crippen molar-refractivity contribution in [1.29, 1.82) is 0 Å². The maximum absolute atomic E-state index is 11.6. The van der Waals surface area contributed by atoms with Crippen molar-refractivity contribution < 1.29 is 9.90 Å². The highest BCUT2D eigenvalue weighted by Gasteiger charge is 2.05. The van der Waals surface area contributed by atoms with Crippen molar-refractivity contribution in [2.24, 2.45) is 5.10 Å². The Hall–Kier alpha value is -2.77. The zero-order chi connectivity index (χ0) is 14.4. The molecule has 2 rings (SSSR count). The predicted octanol–water partition coefficient (Wildman–Crippen LogP) is 0.378. The Bertz CT molecular complexity index is 591. The minimum absolute atomic E-state index is 0.186. The highest BCUT2D eigenvalue weighted by molar-refractivity contribution is 5.99. The van der Waals surface area contributed by atoms with E-state index in [1.807, 2.05) is 0 Å². The van der Waals surface area contributed by atoms with Crippen LogP contribution in [0.15, 0.2) is 29.4 Å². The summed E-state index contributed by atoms with van der Waals surface area (Å²) in [7, 11) is 0. The zero-order valence-corrected chi connectivity index (χ0v) is 10.9. The summed E-state index contributed by atoms with van der Waals surface area (Å²) >= 11 is 0. The van der Waals surface area contributed by atoms with Crippen LogP contribution in [0.5, 0.6) is 5.75 Å². The lowest BCUT2D eigenvalue weighted by atomic mass is 10.1. The quantitative estimate of drug-likeness (QED) is 0.538. The average molecular weight is 274 g/mol. The van der Waals surface area contributed by atoms with E-state index in [2.05, 4.69) is 31.2 Å². The number of nitrogens with zero attached hydrogens (tertiary/aromatic N) is 4. The highest BCUT2D eigenvalue weighted by Crippen LogP contribution is 2.10. The minimum Gasteiger partial charge on any atom is -0.508 e. The molecule has 0 spiro atoms. The number of aromatic nitrogens is 4. The van der Waals surface area contributed by atoms with E-state index in [9.17, 15) is 9.90 Å². The summed E-state index contributed by atoms with van der Waals surface area (Å²) in [4.78, 5) is 11.6. The molecule has 0 bridgehead atoms. The number of carbonyl (C=O) groups excluding carboxylic acids is 1. The molecule has 0 radical (unpaired) electrons. The van der Waals surface area contributed by atoms with Gasteiger partial charge in [0, 0.05) is 12.8 Å². The van der Waals surface area contributed by atoms with Gasteiger partial charge >= 0.3 is 0 Å². The molecule has 0 atom stereocenters. The molecule has 0 saturated carbocycles. The first-order valence-electron chi connectivity index (χ1n) is 6.00. The van der Waals surface area contributed by atoms with E-state index < -0.39 is 0 Å². The third-order valence-corrected chi connectivity index (χ3v) is 2.60. The van der Waals surface area contributed by atoms with Gasteiger partial charge in [-0.3, -0.25) is 4.79 Å². The number of nitrogens with one attached hydrogen (secondary N) is 2. The number of carbonyl (C=O) groups is 1. The first kappa shape index (κ1) is 13.7. The number of H-pyrrole nitrogens is 1. The maximum atomic E-state index is 11.6. The van der Waals surface area contributed by atoms with E-state index in [1.165, 1.54) is 0 Å². The molecule has 3 N–H and O–H groups in total. The second-order valence-electron chi connectivity index (χ2n) is 4.11. The number of rotatable bonds is 5. The van der Waals surface area contributed by atoms with Gasteiger partial charge in [0.15, 0.2) is 5.82 Å². The normalized spacial score (nSPS) is 11.3. The minimum atomic E-state index is -0.229. The molecule has 8 heteroatoms. The Kier molecular flexibility index (Phi) is 4.38. The molecule has 0 aliphatic heterocycles. The molecule has 8 nitrogen and oxygen atoms in total. The van der Waals surface area contributed by atoms with Gasteiger partial charge in [0.1, 0.15) is 5.75 Å². The molecule has 1 amide bonds. The molecule has 2 aromatic rings. The number of aromatic amines is 1. The van der Waals surface area contributed by atoms with Gasteiger partial charge in [-0.15, -0.1) is 10.2 Å². The third-order valence-electron chi connectivity index (χ3n) is 2.60. The number of aryl methyl sites for hydroxylation is 1. The Labute approximate surface area is 114 Å². The number of benzene rings is 1. The van der Waals surface area contributed by atoms with Crippen LogP contribution in [-0.4, -0.2) is 37.3 Å². The van der Waals surface area contributed by atoms with Crippen LogP contribution in [0.3, 0.4) is 0 Å². The van der Waals surface area contributed by atoms with Crippen molar-refractivity contribution in [2.45, 2.75) is 19.8 Å². The van der Waals surface area contributed by atoms with E-state index in [-0.39, 0.29) is 18.1 Å². The van der Waals surface area contributed by atoms with Crippen LogP contribution in [0.1, 0.15) is 24.7 Å². The molecule has 0 aliphatic carbocycles. The Morgan fingerprint density at radius 2 is 2.15 bits per heavy atom. The summed E-state index contributed by atoms with van der Waals surface area (Å²) in [5.74, 6) is 0.443. The van der Waals surface area contributed by atoms with Crippen molar-refractivity contribution in [3.8, 4) is 5.75 Å². The topological polar surface area (TPSA) is 116 Å². The fourth-order valence-corrected chi connectivity index (χ4v) is 1.48. The standard InChI is InChI=1S/C12H14N6O2/c1-8(9-2-4-10(19)5-3-9)13-16-12(20)7-6-11-14-17-18-15-11/h2-5,19H,6-7H2,1H3,(H,16,20)(H,14,15,17,18)/b13-8+. The monoisotopic (exact) mass is 274 g/mol. The number of amides is 1. The average Bonchev–Trinajstić information content (AvgIpc) is 2.96. The number of tetrazole rings is 1. The number of hydrogen-bond acceptors (Lipinski definition) is 6. The second-order valence-corrected chi connectivity index (χ2v) is 4.11. The molecule has 0 aliphatic rings. The largest absolute Gasteiger partial charge is 0.508 e. The van der Waals surface area contributed by atoms with E-state index in [4.69, 9.17) is 0 Å². The van der Waals surface area contributed by atoms with Crippen molar-refractivity contribution >= 4 is 11.6 Å². The number of phenols is 1. The van der Waals surface area contributed by atoms with Crippen LogP contribution in [0.2, 0.25) is 0 Å². The molecular formula is C12H14N6O2. The van der Waals surface area contributed by atoms with Gasteiger partial charge in [0.25, 0.3) is 0 Å². The summed E-state index contributed by atoms with van der Waals surface area (Å²) in [6, 6.07) is 6.57. The Balaban J connectivity index is 1.85. The number of aromatic hydroxyl groups is 1. The fourth-order valence-electron chi connectivity index (χ4n) is 1.48. The molecule has 0 fully saturated rings. The summed E-state index contributed by atoms with van der Waals surface area (Å²) < 4.78 is 0. The smallest absolute Gasteiger partial charge is 0.240 e. The summed E-state index contributed by atoms with van der Waals surface area (Å²) in [5.41, 5.74) is 3.93. The van der Waals surface area contributed by atoms with Crippen LogP contribution in [0, 0.1) is 0 Å². The van der Waals surface area contributed by atoms with Gasteiger partial charge in [-0.25, -0.2) is 5.43 Å². The van der Waals surface area contributed by atoms with Gasteiger partial charge in [0.05, 0.1) is 5.71 Å². The van der Waals surface area contributed by atoms with Crippen molar-refractivity contribution in [2.75, 3.05) is 0 Å². The number of hydrazone groups is 1. The Morgan fingerprint density at radius 3 is 2.80 bits per heavy atom. The van der Waals surface area contributed by atoms with Crippen LogP contribution in [0.25, 0.3) is 0 Å². The molecular weight excluding hydrogens is 260 g/mol. The van der Waals surface area contributed by atoms with Crippen molar-refractivity contribution in [1.82, 2.24) is 26.0 Å². The maximum Gasteiger partial charge on any atom is 0.240 e. The lowest BCUT2D eigenvalue weighted by molar-refractivity contribution is -0.121.